The van der Waals surface area contributed by atoms with Gasteiger partial charge in [0.2, 0.25) is 5.95 Å². The van der Waals surface area contributed by atoms with Crippen LogP contribution < -0.4 is 10.2 Å². The van der Waals surface area contributed by atoms with E-state index in [2.05, 4.69) is 20.2 Å². The Bertz CT molecular complexity index is 630. The number of rotatable bonds is 7. The maximum Gasteiger partial charge on any atom is 0.225 e. The van der Waals surface area contributed by atoms with E-state index in [9.17, 15) is 5.11 Å². The molecular weight excluding hydrogens is 316 g/mol. The molecule has 6 nitrogen and oxygen atoms in total. The molecule has 2 atom stereocenters. The van der Waals surface area contributed by atoms with Crippen molar-refractivity contribution in [3.63, 3.8) is 0 Å². The van der Waals surface area contributed by atoms with E-state index in [0.717, 1.165) is 43.4 Å². The van der Waals surface area contributed by atoms with Gasteiger partial charge in [0.25, 0.3) is 0 Å². The van der Waals surface area contributed by atoms with Gasteiger partial charge < -0.3 is 20.1 Å². The lowest BCUT2D eigenvalue weighted by atomic mass is 10.0. The molecule has 1 aliphatic rings. The zero-order valence-electron chi connectivity index (χ0n) is 14.6. The Hall–Kier alpha value is -2.02. The standard InChI is InChI=1S/C19H26N4O2/c1-15(18(24)11-16-5-3-2-4-6-16)20-12-17-13-21-19(22-14-17)23-7-9-25-10-8-23/h2-6,13-15,18,20,24H,7-12H2,1H3. The van der Waals surface area contributed by atoms with Gasteiger partial charge in [-0.1, -0.05) is 30.3 Å². The highest BCUT2D eigenvalue weighted by Gasteiger charge is 2.15. The van der Waals surface area contributed by atoms with E-state index >= 15 is 0 Å². The highest BCUT2D eigenvalue weighted by atomic mass is 16.5. The summed E-state index contributed by atoms with van der Waals surface area (Å²) in [7, 11) is 0. The van der Waals surface area contributed by atoms with Crippen LogP contribution in [0, 0.1) is 0 Å². The van der Waals surface area contributed by atoms with Gasteiger partial charge >= 0.3 is 0 Å². The molecule has 2 heterocycles. The summed E-state index contributed by atoms with van der Waals surface area (Å²) in [5, 5.41) is 13.7. The molecule has 25 heavy (non-hydrogen) atoms. The van der Waals surface area contributed by atoms with Crippen LogP contribution in [0.1, 0.15) is 18.1 Å². The highest BCUT2D eigenvalue weighted by molar-refractivity contribution is 5.30. The molecule has 0 amide bonds. The summed E-state index contributed by atoms with van der Waals surface area (Å²) in [5.41, 5.74) is 2.15. The van der Waals surface area contributed by atoms with Gasteiger partial charge in [0, 0.05) is 43.6 Å². The summed E-state index contributed by atoms with van der Waals surface area (Å²) in [6, 6.07) is 10.0. The van der Waals surface area contributed by atoms with Gasteiger partial charge in [-0.2, -0.15) is 0 Å². The third-order valence-corrected chi connectivity index (χ3v) is 4.48. The fourth-order valence-corrected chi connectivity index (χ4v) is 2.81. The van der Waals surface area contributed by atoms with Crippen molar-refractivity contribution < 1.29 is 9.84 Å². The fourth-order valence-electron chi connectivity index (χ4n) is 2.81. The number of aliphatic hydroxyl groups excluding tert-OH is 1. The van der Waals surface area contributed by atoms with Crippen LogP contribution in [0.25, 0.3) is 0 Å². The highest BCUT2D eigenvalue weighted by Crippen LogP contribution is 2.10. The van der Waals surface area contributed by atoms with Crippen LogP contribution in [0.3, 0.4) is 0 Å². The van der Waals surface area contributed by atoms with Crippen LogP contribution in [0.2, 0.25) is 0 Å². The average Bonchev–Trinajstić information content (AvgIpc) is 2.68. The zero-order valence-corrected chi connectivity index (χ0v) is 14.6. The Morgan fingerprint density at radius 3 is 2.48 bits per heavy atom. The Morgan fingerprint density at radius 2 is 1.80 bits per heavy atom. The van der Waals surface area contributed by atoms with Crippen LogP contribution in [0.4, 0.5) is 5.95 Å². The molecule has 0 radical (unpaired) electrons. The van der Waals surface area contributed by atoms with E-state index in [1.807, 2.05) is 49.6 Å². The third-order valence-electron chi connectivity index (χ3n) is 4.48. The molecule has 1 aromatic heterocycles. The number of nitrogens with zero attached hydrogens (tertiary/aromatic N) is 3. The summed E-state index contributed by atoms with van der Waals surface area (Å²) in [5.74, 6) is 0.754. The minimum atomic E-state index is -0.434. The van der Waals surface area contributed by atoms with Gasteiger partial charge in [-0.3, -0.25) is 0 Å². The van der Waals surface area contributed by atoms with E-state index in [-0.39, 0.29) is 6.04 Å². The summed E-state index contributed by atoms with van der Waals surface area (Å²) in [4.78, 5) is 11.0. The second-order valence-corrected chi connectivity index (χ2v) is 6.42. The van der Waals surface area contributed by atoms with E-state index in [0.29, 0.717) is 13.0 Å². The smallest absolute Gasteiger partial charge is 0.225 e. The minimum absolute atomic E-state index is 0.0147. The SMILES string of the molecule is CC(NCc1cnc(N2CCOCC2)nc1)C(O)Cc1ccccc1. The molecule has 6 heteroatoms. The molecule has 2 aromatic rings. The molecule has 1 saturated heterocycles. The topological polar surface area (TPSA) is 70.5 Å². The third kappa shape index (κ3) is 5.22. The summed E-state index contributed by atoms with van der Waals surface area (Å²) in [6.07, 6.45) is 3.90. The summed E-state index contributed by atoms with van der Waals surface area (Å²) < 4.78 is 5.34. The maximum absolute atomic E-state index is 10.4. The molecule has 0 spiro atoms. The zero-order chi connectivity index (χ0) is 17.5. The lowest BCUT2D eigenvalue weighted by Crippen LogP contribution is -2.38. The van der Waals surface area contributed by atoms with Crippen molar-refractivity contribution in [1.29, 1.82) is 0 Å². The van der Waals surface area contributed by atoms with Crippen molar-refractivity contribution in [2.75, 3.05) is 31.2 Å². The van der Waals surface area contributed by atoms with Gasteiger partial charge in [0.15, 0.2) is 0 Å². The number of aromatic nitrogens is 2. The predicted octanol–water partition coefficient (Wildman–Crippen LogP) is 1.39. The number of anilines is 1. The second kappa shape index (κ2) is 8.89. The summed E-state index contributed by atoms with van der Waals surface area (Å²) in [6.45, 7) is 5.75. The number of ether oxygens (including phenoxy) is 1. The average molecular weight is 342 g/mol. The molecule has 0 bridgehead atoms. The van der Waals surface area contributed by atoms with Gasteiger partial charge in [-0.25, -0.2) is 9.97 Å². The predicted molar refractivity (Wildman–Crippen MR) is 97.5 cm³/mol. The Labute approximate surface area is 148 Å². The Morgan fingerprint density at radius 1 is 1.12 bits per heavy atom. The number of aliphatic hydroxyl groups is 1. The Balaban J connectivity index is 1.47. The number of hydrogen-bond donors (Lipinski definition) is 2. The molecule has 0 saturated carbocycles. The van der Waals surface area contributed by atoms with Crippen molar-refractivity contribution >= 4 is 5.95 Å². The molecule has 1 fully saturated rings. The van der Waals surface area contributed by atoms with Crippen LogP contribution in [0.5, 0.6) is 0 Å². The van der Waals surface area contributed by atoms with Gasteiger partial charge in [0.1, 0.15) is 0 Å². The number of morpholine rings is 1. The monoisotopic (exact) mass is 342 g/mol. The molecule has 2 unspecified atom stereocenters. The molecule has 134 valence electrons. The van der Waals surface area contributed by atoms with E-state index in [4.69, 9.17) is 4.74 Å². The molecular formula is C19H26N4O2. The molecule has 2 N–H and O–H groups in total. The van der Waals surface area contributed by atoms with Crippen molar-refractivity contribution in [1.82, 2.24) is 15.3 Å². The van der Waals surface area contributed by atoms with Crippen LogP contribution in [0.15, 0.2) is 42.7 Å². The quantitative estimate of drug-likeness (QED) is 0.792. The maximum atomic E-state index is 10.4. The van der Waals surface area contributed by atoms with Gasteiger partial charge in [-0.05, 0) is 18.9 Å². The lowest BCUT2D eigenvalue weighted by molar-refractivity contribution is 0.122. The lowest BCUT2D eigenvalue weighted by Gasteiger charge is -2.26. The van der Waals surface area contributed by atoms with Crippen LogP contribution in [-0.2, 0) is 17.7 Å². The van der Waals surface area contributed by atoms with Crippen LogP contribution >= 0.6 is 0 Å². The Kier molecular flexibility index (Phi) is 6.33. The first-order chi connectivity index (χ1) is 12.2. The second-order valence-electron chi connectivity index (χ2n) is 6.42. The van der Waals surface area contributed by atoms with Crippen molar-refractivity contribution in [2.24, 2.45) is 0 Å². The van der Waals surface area contributed by atoms with E-state index < -0.39 is 6.10 Å². The minimum Gasteiger partial charge on any atom is -0.391 e. The molecule has 3 rings (SSSR count). The first kappa shape index (κ1) is 17.8. The number of hydrogen-bond acceptors (Lipinski definition) is 6. The van der Waals surface area contributed by atoms with Crippen molar-refractivity contribution in [3.8, 4) is 0 Å². The molecule has 1 aromatic carbocycles. The van der Waals surface area contributed by atoms with E-state index in [1.54, 1.807) is 0 Å². The van der Waals surface area contributed by atoms with E-state index in [1.165, 1.54) is 0 Å². The van der Waals surface area contributed by atoms with Crippen molar-refractivity contribution in [3.05, 3.63) is 53.9 Å². The first-order valence-electron chi connectivity index (χ1n) is 8.81. The largest absolute Gasteiger partial charge is 0.391 e. The molecule has 1 aliphatic heterocycles. The fraction of sp³-hybridized carbons (Fsp3) is 0.474. The number of benzene rings is 1. The van der Waals surface area contributed by atoms with Crippen LogP contribution in [-0.4, -0.2) is 53.5 Å². The van der Waals surface area contributed by atoms with Crippen molar-refractivity contribution in [2.45, 2.75) is 32.0 Å². The first-order valence-corrected chi connectivity index (χ1v) is 8.81. The number of nitrogens with one attached hydrogen (secondary N) is 1. The van der Waals surface area contributed by atoms with Gasteiger partial charge in [0.05, 0.1) is 19.3 Å². The normalized spacial score (nSPS) is 17.3. The van der Waals surface area contributed by atoms with Gasteiger partial charge in [-0.15, -0.1) is 0 Å². The summed E-state index contributed by atoms with van der Waals surface area (Å²) >= 11 is 0. The molecule has 0 aliphatic carbocycles.